The van der Waals surface area contributed by atoms with Crippen LogP contribution in [0.15, 0.2) is 24.3 Å². The molecule has 132 valence electrons. The van der Waals surface area contributed by atoms with Crippen molar-refractivity contribution >= 4 is 44.3 Å². The van der Waals surface area contributed by atoms with E-state index in [1.54, 1.807) is 4.98 Å². The fourth-order valence-corrected chi connectivity index (χ4v) is 1.60. The number of nitrogens with two attached hydrogens (primary N) is 3. The topological polar surface area (TPSA) is 131 Å². The number of hydrogen-bond donors (Lipinski definition) is 4. The van der Waals surface area contributed by atoms with Crippen molar-refractivity contribution in [2.45, 2.75) is 0 Å². The lowest BCUT2D eigenvalue weighted by atomic mass is 10.2. The number of fused-ring (bicyclic) bond motifs is 1. The number of halogens is 5. The van der Waals surface area contributed by atoms with E-state index in [4.69, 9.17) is 22.5 Å². The van der Waals surface area contributed by atoms with Gasteiger partial charge in [-0.15, -0.1) is 0 Å². The van der Waals surface area contributed by atoms with Gasteiger partial charge in [-0.25, -0.2) is 22.5 Å². The summed E-state index contributed by atoms with van der Waals surface area (Å²) >= 11 is 2.45. The molecule has 3 aromatic rings. The Morgan fingerprint density at radius 3 is 1.76 bits per heavy atom. The Morgan fingerprint density at radius 2 is 1.28 bits per heavy atom. The van der Waals surface area contributed by atoms with E-state index in [1.807, 2.05) is 0 Å². The van der Waals surface area contributed by atoms with Crippen LogP contribution in [-0.4, -0.2) is 9.97 Å². The molecule has 6 nitrogen and oxygen atoms in total. The SMILES string of the molecule is N#CBr.Nc1cc(F)c(F)cc1N.Nc1nc2cc(F)c(F)cc2[nH]1. The molecule has 7 N–H and O–H groups in total. The molecule has 0 aliphatic heterocycles. The Bertz CT molecular complexity index is 833. The van der Waals surface area contributed by atoms with E-state index in [9.17, 15) is 17.6 Å². The maximum absolute atomic E-state index is 12.6. The molecule has 2 aromatic carbocycles. The zero-order valence-corrected chi connectivity index (χ0v) is 13.9. The van der Waals surface area contributed by atoms with Gasteiger partial charge in [-0.3, -0.25) is 0 Å². The van der Waals surface area contributed by atoms with E-state index in [0.717, 1.165) is 24.3 Å². The Kier molecular flexibility index (Phi) is 7.01. The Hall–Kier alpha value is -3.00. The molecule has 3 rings (SSSR count). The van der Waals surface area contributed by atoms with Gasteiger partial charge >= 0.3 is 0 Å². The fraction of sp³-hybridized carbons (Fsp3) is 0. The fourth-order valence-electron chi connectivity index (χ4n) is 1.60. The third-order valence-electron chi connectivity index (χ3n) is 2.67. The van der Waals surface area contributed by atoms with Gasteiger partial charge in [0.15, 0.2) is 29.2 Å². The molecule has 25 heavy (non-hydrogen) atoms. The van der Waals surface area contributed by atoms with Crippen molar-refractivity contribution in [2.75, 3.05) is 17.2 Å². The van der Waals surface area contributed by atoms with Crippen molar-refractivity contribution in [3.05, 3.63) is 47.5 Å². The number of anilines is 3. The third kappa shape index (κ3) is 5.54. The molecule has 0 fully saturated rings. The third-order valence-corrected chi connectivity index (χ3v) is 2.67. The predicted octanol–water partition coefficient (Wildman–Crippen LogP) is 3.41. The van der Waals surface area contributed by atoms with Crippen LogP contribution in [-0.2, 0) is 0 Å². The highest BCUT2D eigenvalue weighted by Crippen LogP contribution is 2.18. The second kappa shape index (κ2) is 8.74. The van der Waals surface area contributed by atoms with Gasteiger partial charge in [-0.1, -0.05) is 0 Å². The highest BCUT2D eigenvalue weighted by atomic mass is 79.9. The zero-order chi connectivity index (χ0) is 19.1. The van der Waals surface area contributed by atoms with E-state index in [-0.39, 0.29) is 17.3 Å². The summed E-state index contributed by atoms with van der Waals surface area (Å²) < 4.78 is 49.7. The standard InChI is InChI=1S/C7H5F2N3.C6H6F2N2.CBrN/c8-3-1-5-6(2-4(3)9)12-7(10)11-5;7-3-1-5(9)6(10)2-4(3)8;2-1-3/h1-2H,(H3,10,11,12);1-2H,9-10H2;. The molecular weight excluding hydrogens is 408 g/mol. The van der Waals surface area contributed by atoms with Crippen LogP contribution in [0.5, 0.6) is 0 Å². The molecule has 1 aromatic heterocycles. The molecule has 0 radical (unpaired) electrons. The van der Waals surface area contributed by atoms with Crippen molar-refractivity contribution in [1.82, 2.24) is 9.97 Å². The molecule has 0 saturated heterocycles. The summed E-state index contributed by atoms with van der Waals surface area (Å²) in [5, 5.41) is 7.24. The van der Waals surface area contributed by atoms with Crippen molar-refractivity contribution in [2.24, 2.45) is 0 Å². The highest BCUT2D eigenvalue weighted by molar-refractivity contribution is 9.12. The smallest absolute Gasteiger partial charge is 0.198 e. The van der Waals surface area contributed by atoms with Crippen LogP contribution >= 0.6 is 15.9 Å². The molecule has 1 heterocycles. The molecular formula is C14H11BrF4N6. The van der Waals surface area contributed by atoms with Crippen LogP contribution in [0, 0.1) is 33.5 Å². The van der Waals surface area contributed by atoms with Gasteiger partial charge in [0.2, 0.25) is 0 Å². The van der Waals surface area contributed by atoms with Crippen molar-refractivity contribution in [1.29, 1.82) is 5.26 Å². The van der Waals surface area contributed by atoms with E-state index in [0.29, 0.717) is 11.0 Å². The first kappa shape index (κ1) is 20.0. The number of rotatable bonds is 0. The first-order chi connectivity index (χ1) is 11.7. The number of nitrogens with one attached hydrogen (secondary N) is 1. The summed E-state index contributed by atoms with van der Waals surface area (Å²) in [7, 11) is 0. The lowest BCUT2D eigenvalue weighted by Gasteiger charge is -1.98. The average molecular weight is 419 g/mol. The second-order valence-corrected chi connectivity index (χ2v) is 4.74. The van der Waals surface area contributed by atoms with E-state index >= 15 is 0 Å². The minimum absolute atomic E-state index is 0.0545. The number of nitrogen functional groups attached to an aromatic ring is 3. The highest BCUT2D eigenvalue weighted by Gasteiger charge is 2.06. The molecule has 0 atom stereocenters. The van der Waals surface area contributed by atoms with Gasteiger partial charge in [0.1, 0.15) is 4.98 Å². The Labute approximate surface area is 147 Å². The normalized spacial score (nSPS) is 9.44. The maximum atomic E-state index is 12.6. The van der Waals surface area contributed by atoms with Crippen molar-refractivity contribution < 1.29 is 17.6 Å². The van der Waals surface area contributed by atoms with Gasteiger partial charge in [0.05, 0.1) is 22.4 Å². The Balaban J connectivity index is 0.000000220. The number of nitrogens with zero attached hydrogens (tertiary/aromatic N) is 2. The average Bonchev–Trinajstić information content (AvgIpc) is 2.86. The first-order valence-electron chi connectivity index (χ1n) is 6.29. The summed E-state index contributed by atoms with van der Waals surface area (Å²) in [5.74, 6) is -3.64. The van der Waals surface area contributed by atoms with Crippen LogP contribution in [0.4, 0.5) is 34.9 Å². The molecule has 0 aliphatic rings. The number of imidazole rings is 1. The number of nitriles is 1. The van der Waals surface area contributed by atoms with Crippen LogP contribution in [0.2, 0.25) is 0 Å². The molecule has 0 aliphatic carbocycles. The predicted molar refractivity (Wildman–Crippen MR) is 90.1 cm³/mol. The second-order valence-electron chi connectivity index (χ2n) is 4.39. The maximum Gasteiger partial charge on any atom is 0.198 e. The van der Waals surface area contributed by atoms with Gasteiger partial charge in [-0.05, 0) is 0 Å². The van der Waals surface area contributed by atoms with Crippen LogP contribution in [0.3, 0.4) is 0 Å². The summed E-state index contributed by atoms with van der Waals surface area (Å²) in [6, 6.07) is 3.72. The number of aromatic amines is 1. The van der Waals surface area contributed by atoms with Gasteiger partial charge in [0, 0.05) is 40.2 Å². The number of H-pyrrole nitrogens is 1. The van der Waals surface area contributed by atoms with Crippen molar-refractivity contribution in [3.8, 4) is 4.98 Å². The minimum atomic E-state index is -0.980. The van der Waals surface area contributed by atoms with Gasteiger partial charge in [0.25, 0.3) is 0 Å². The number of aromatic nitrogens is 2. The lowest BCUT2D eigenvalue weighted by molar-refractivity contribution is 0.510. The minimum Gasteiger partial charge on any atom is -0.397 e. The summed E-state index contributed by atoms with van der Waals surface area (Å²) in [5.41, 5.74) is 16.4. The van der Waals surface area contributed by atoms with Crippen molar-refractivity contribution in [3.63, 3.8) is 0 Å². The summed E-state index contributed by atoms with van der Waals surface area (Å²) in [4.78, 5) is 7.88. The van der Waals surface area contributed by atoms with Gasteiger partial charge in [-0.2, -0.15) is 5.26 Å². The summed E-state index contributed by atoms with van der Waals surface area (Å²) in [6.45, 7) is 0. The van der Waals surface area contributed by atoms with Crippen LogP contribution in [0.25, 0.3) is 11.0 Å². The summed E-state index contributed by atoms with van der Waals surface area (Å²) in [6.07, 6.45) is 0. The zero-order valence-electron chi connectivity index (χ0n) is 12.3. The quantitative estimate of drug-likeness (QED) is 0.328. The lowest BCUT2D eigenvalue weighted by Crippen LogP contribution is -1.97. The van der Waals surface area contributed by atoms with Gasteiger partial charge < -0.3 is 22.2 Å². The van der Waals surface area contributed by atoms with Crippen LogP contribution in [0.1, 0.15) is 0 Å². The van der Waals surface area contributed by atoms with E-state index < -0.39 is 23.3 Å². The monoisotopic (exact) mass is 418 g/mol. The number of hydrogen-bond acceptors (Lipinski definition) is 5. The molecule has 0 amide bonds. The Morgan fingerprint density at radius 1 is 0.880 bits per heavy atom. The molecule has 0 saturated carbocycles. The molecule has 0 spiro atoms. The van der Waals surface area contributed by atoms with E-state index in [2.05, 4.69) is 25.9 Å². The van der Waals surface area contributed by atoms with Crippen LogP contribution < -0.4 is 17.2 Å². The van der Waals surface area contributed by atoms with E-state index in [1.165, 1.54) is 0 Å². The first-order valence-corrected chi connectivity index (χ1v) is 7.08. The molecule has 11 heteroatoms. The number of benzene rings is 2. The molecule has 0 bridgehead atoms. The molecule has 0 unspecified atom stereocenters. The largest absolute Gasteiger partial charge is 0.397 e.